The van der Waals surface area contributed by atoms with Crippen molar-refractivity contribution in [3.8, 4) is 11.1 Å². The van der Waals surface area contributed by atoms with Crippen LogP contribution in [0.25, 0.3) is 33.3 Å². The molecule has 4 aromatic heterocycles. The molecule has 1 saturated heterocycles. The molecule has 0 atom stereocenters. The van der Waals surface area contributed by atoms with Crippen LogP contribution < -0.4 is 17.0 Å². The Kier molecular flexibility index (Phi) is 10.6. The van der Waals surface area contributed by atoms with E-state index in [9.17, 15) is 19.8 Å². The number of halogens is 1. The molecule has 2 aromatic carbocycles. The molecule has 2 N–H and O–H groups in total. The van der Waals surface area contributed by atoms with Crippen molar-refractivity contribution < 1.29 is 28.4 Å². The third kappa shape index (κ3) is 8.32. The lowest BCUT2D eigenvalue weighted by molar-refractivity contribution is 0.00578. The number of aryl methyl sites for hydroxylation is 2. The lowest BCUT2D eigenvalue weighted by Crippen LogP contribution is -2.41. The molecule has 0 amide bonds. The highest BCUT2D eigenvalue weighted by atomic mass is 79.9. The molecule has 0 bridgehead atoms. The lowest BCUT2D eigenvalue weighted by atomic mass is 9.79. The van der Waals surface area contributed by atoms with Gasteiger partial charge >= 0.3 is 18.6 Å². The van der Waals surface area contributed by atoms with Crippen LogP contribution in [0.1, 0.15) is 66.5 Å². The van der Waals surface area contributed by atoms with Gasteiger partial charge in [-0.1, -0.05) is 12.1 Å². The second-order valence-corrected chi connectivity index (χ2v) is 15.7. The fourth-order valence-electron chi connectivity index (χ4n) is 5.25. The molecule has 7 rings (SSSR count). The van der Waals surface area contributed by atoms with E-state index in [0.717, 1.165) is 43.2 Å². The number of aromatic nitrogens is 4. The summed E-state index contributed by atoms with van der Waals surface area (Å²) >= 11 is 3.28. The van der Waals surface area contributed by atoms with Gasteiger partial charge in [0.1, 0.15) is 0 Å². The summed E-state index contributed by atoms with van der Waals surface area (Å²) in [5.41, 5.74) is 4.29. The summed E-state index contributed by atoms with van der Waals surface area (Å²) in [4.78, 5) is 31.2. The van der Waals surface area contributed by atoms with E-state index in [4.69, 9.17) is 18.1 Å². The highest BCUT2D eigenvalue weighted by Crippen LogP contribution is 2.36. The quantitative estimate of drug-likeness (QED) is 0.206. The molecule has 5 heterocycles. The van der Waals surface area contributed by atoms with Gasteiger partial charge in [0.15, 0.2) is 11.2 Å². The molecule has 274 valence electrons. The Morgan fingerprint density at radius 3 is 1.65 bits per heavy atom. The van der Waals surface area contributed by atoms with Crippen molar-refractivity contribution in [2.24, 2.45) is 14.1 Å². The predicted molar refractivity (Wildman–Crippen MR) is 204 cm³/mol. The second kappa shape index (κ2) is 14.2. The molecule has 0 spiro atoms. The van der Waals surface area contributed by atoms with Gasteiger partial charge in [-0.05, 0) is 119 Å². The number of nitrogens with zero attached hydrogens (tertiary/aromatic N) is 4. The first-order chi connectivity index (χ1) is 24.1. The molecular weight excluding hydrogens is 731 g/mol. The number of oxazole rings is 2. The number of benzene rings is 2. The van der Waals surface area contributed by atoms with Gasteiger partial charge in [0.25, 0.3) is 0 Å². The first-order valence-corrected chi connectivity index (χ1v) is 17.4. The van der Waals surface area contributed by atoms with Gasteiger partial charge in [-0.25, -0.2) is 9.59 Å². The molecule has 1 aliphatic heterocycles. The van der Waals surface area contributed by atoms with Gasteiger partial charge < -0.3 is 28.4 Å². The first kappa shape index (κ1) is 38.9. The van der Waals surface area contributed by atoms with E-state index in [1.54, 1.807) is 78.7 Å². The van der Waals surface area contributed by atoms with E-state index in [2.05, 4.69) is 25.9 Å². The minimum absolute atomic E-state index is 0.369. The topological polar surface area (TPSA) is 155 Å². The summed E-state index contributed by atoms with van der Waals surface area (Å²) in [6.45, 7) is 15.0. The number of hydrogen-bond donors (Lipinski definition) is 2. The minimum Gasteiger partial charge on any atom is -0.408 e. The van der Waals surface area contributed by atoms with Crippen molar-refractivity contribution in [3.63, 3.8) is 0 Å². The third-order valence-corrected chi connectivity index (χ3v) is 9.76. The Labute approximate surface area is 310 Å². The largest absolute Gasteiger partial charge is 0.494 e. The van der Waals surface area contributed by atoms with Crippen LogP contribution in [0.3, 0.4) is 0 Å². The molecule has 1 fully saturated rings. The number of hydrogen-bond acceptors (Lipinski definition) is 10. The number of pyridine rings is 2. The van der Waals surface area contributed by atoms with Crippen molar-refractivity contribution in [2.45, 2.75) is 77.8 Å². The summed E-state index contributed by atoms with van der Waals surface area (Å²) in [6.07, 6.45) is 6.73. The van der Waals surface area contributed by atoms with Crippen LogP contribution in [0.2, 0.25) is 0 Å². The molecule has 0 radical (unpaired) electrons. The zero-order chi connectivity index (χ0) is 38.4. The molecular formula is C38H44BBrN4O8. The van der Waals surface area contributed by atoms with Crippen LogP contribution in [0.5, 0.6) is 0 Å². The van der Waals surface area contributed by atoms with Crippen LogP contribution >= 0.6 is 15.9 Å². The Hall–Kier alpha value is -4.34. The SMILES string of the molecule is CC(C)(O)c1cncc(Br)c1.Cn1c(=O)oc2ccc(-c3cncc(C(C)(C)O)c3)cc21.Cn1c(=O)oc2ccc(B3OC(C)(C)C(C)(C)O3)cc21. The van der Waals surface area contributed by atoms with E-state index < -0.39 is 18.3 Å². The van der Waals surface area contributed by atoms with E-state index in [1.807, 2.05) is 64.1 Å². The highest BCUT2D eigenvalue weighted by molar-refractivity contribution is 9.10. The monoisotopic (exact) mass is 774 g/mol. The van der Waals surface area contributed by atoms with Crippen LogP contribution in [0.4, 0.5) is 0 Å². The van der Waals surface area contributed by atoms with E-state index in [1.165, 1.54) is 9.13 Å². The molecule has 14 heteroatoms. The Morgan fingerprint density at radius 1 is 0.673 bits per heavy atom. The molecule has 6 aromatic rings. The zero-order valence-electron chi connectivity index (χ0n) is 31.0. The summed E-state index contributed by atoms with van der Waals surface area (Å²) in [6, 6.07) is 14.8. The van der Waals surface area contributed by atoms with E-state index >= 15 is 0 Å². The number of fused-ring (bicyclic) bond motifs is 2. The van der Waals surface area contributed by atoms with E-state index in [0.29, 0.717) is 11.2 Å². The maximum Gasteiger partial charge on any atom is 0.494 e. The average Bonchev–Trinajstić information content (AvgIpc) is 3.60. The van der Waals surface area contributed by atoms with Gasteiger partial charge in [-0.3, -0.25) is 19.1 Å². The summed E-state index contributed by atoms with van der Waals surface area (Å²) in [5.74, 6) is -0.753. The molecule has 1 aliphatic rings. The van der Waals surface area contributed by atoms with Gasteiger partial charge in [0, 0.05) is 60.0 Å². The van der Waals surface area contributed by atoms with Crippen LogP contribution in [-0.4, -0.2) is 47.6 Å². The Morgan fingerprint density at radius 2 is 1.15 bits per heavy atom. The normalized spacial score (nSPS) is 15.3. The predicted octanol–water partition coefficient (Wildman–Crippen LogP) is 5.92. The van der Waals surface area contributed by atoms with Crippen LogP contribution in [0, 0.1) is 0 Å². The van der Waals surface area contributed by atoms with Crippen molar-refractivity contribution >= 4 is 50.7 Å². The fourth-order valence-corrected chi connectivity index (χ4v) is 5.62. The molecule has 0 aliphatic carbocycles. The molecule has 52 heavy (non-hydrogen) atoms. The maximum absolute atomic E-state index is 11.5. The zero-order valence-corrected chi connectivity index (χ0v) is 32.6. The Balaban J connectivity index is 0.000000158. The van der Waals surface area contributed by atoms with Gasteiger partial charge in [0.2, 0.25) is 0 Å². The van der Waals surface area contributed by atoms with Gasteiger partial charge in [0.05, 0.1) is 33.4 Å². The van der Waals surface area contributed by atoms with Gasteiger partial charge in [-0.2, -0.15) is 0 Å². The van der Waals surface area contributed by atoms with Crippen molar-refractivity contribution in [2.75, 3.05) is 0 Å². The van der Waals surface area contributed by atoms with Crippen LogP contribution in [-0.2, 0) is 34.6 Å². The lowest BCUT2D eigenvalue weighted by Gasteiger charge is -2.32. The Bertz CT molecular complexity index is 2330. The number of rotatable bonds is 4. The molecule has 0 unspecified atom stereocenters. The van der Waals surface area contributed by atoms with Crippen molar-refractivity contribution in [1.29, 1.82) is 0 Å². The first-order valence-electron chi connectivity index (χ1n) is 16.6. The number of aliphatic hydroxyl groups is 2. The van der Waals surface area contributed by atoms with Crippen molar-refractivity contribution in [1.82, 2.24) is 19.1 Å². The van der Waals surface area contributed by atoms with Gasteiger partial charge in [-0.15, -0.1) is 0 Å². The highest BCUT2D eigenvalue weighted by Gasteiger charge is 2.51. The standard InChI is InChI=1S/C16H16N2O3.C14H18BNO4.C8H10BrNO/c1-16(2,20)12-6-11(8-17-9-12)10-4-5-14-13(7-10)18(3)15(19)21-14;1-13(2)14(3,4)20-15(19-13)9-6-7-11-10(8-9)16(5)12(17)18-11;1-8(2,11)6-3-7(9)5-10-4-6/h4-9,20H,1-3H3;6-8H,1-5H3;3-5,11H,1-2H3. The second-order valence-electron chi connectivity index (χ2n) is 14.8. The maximum atomic E-state index is 11.5. The fraction of sp³-hybridized carbons (Fsp3) is 0.368. The smallest absolute Gasteiger partial charge is 0.408 e. The molecule has 12 nitrogen and oxygen atoms in total. The summed E-state index contributed by atoms with van der Waals surface area (Å²) < 4.78 is 26.1. The van der Waals surface area contributed by atoms with E-state index in [-0.39, 0.29) is 22.7 Å². The van der Waals surface area contributed by atoms with Crippen molar-refractivity contribution in [3.05, 3.63) is 110 Å². The summed E-state index contributed by atoms with van der Waals surface area (Å²) in [7, 11) is 2.92. The third-order valence-electron chi connectivity index (χ3n) is 9.32. The minimum atomic E-state index is -0.949. The molecule has 0 saturated carbocycles. The summed E-state index contributed by atoms with van der Waals surface area (Å²) in [5, 5.41) is 19.6. The average molecular weight is 776 g/mol. The van der Waals surface area contributed by atoms with Crippen LogP contribution in [0.15, 0.2) is 96.2 Å².